The minimum absolute atomic E-state index is 0.182. The van der Waals surface area contributed by atoms with E-state index >= 15 is 0 Å². The highest BCUT2D eigenvalue weighted by Gasteiger charge is 2.14. The number of hydrogen-bond donors (Lipinski definition) is 2. The number of thioether (sulfide) groups is 1. The zero-order chi connectivity index (χ0) is 18.1. The first kappa shape index (κ1) is 18.3. The second-order valence-corrected chi connectivity index (χ2v) is 8.31. The number of nitrogens with zero attached hydrogens (tertiary/aromatic N) is 2. The second kappa shape index (κ2) is 7.37. The van der Waals surface area contributed by atoms with E-state index in [0.29, 0.717) is 21.4 Å². The number of nitrogens with two attached hydrogens (primary N) is 1. The molecule has 1 amide bonds. The van der Waals surface area contributed by atoms with Crippen LogP contribution in [-0.4, -0.2) is 21.6 Å². The topological polar surface area (TPSA) is 80.9 Å². The van der Waals surface area contributed by atoms with Crippen molar-refractivity contribution in [1.82, 2.24) is 9.97 Å². The molecule has 0 unspecified atom stereocenters. The zero-order valence-corrected chi connectivity index (χ0v) is 16.5. The van der Waals surface area contributed by atoms with Crippen LogP contribution in [0.3, 0.4) is 0 Å². The van der Waals surface area contributed by atoms with E-state index in [2.05, 4.69) is 22.2 Å². The molecule has 25 heavy (non-hydrogen) atoms. The summed E-state index contributed by atoms with van der Waals surface area (Å²) < 4.78 is 0. The monoisotopic (exact) mass is 412 g/mol. The van der Waals surface area contributed by atoms with Gasteiger partial charge in [-0.25, -0.2) is 9.97 Å². The Kier molecular flexibility index (Phi) is 5.38. The summed E-state index contributed by atoms with van der Waals surface area (Å²) in [5, 5.41) is 5.19. The van der Waals surface area contributed by atoms with Crippen molar-refractivity contribution in [2.24, 2.45) is 0 Å². The molecular weight excluding hydrogens is 399 g/mol. The first-order chi connectivity index (χ1) is 11.9. The van der Waals surface area contributed by atoms with Crippen molar-refractivity contribution in [3.8, 4) is 0 Å². The zero-order valence-electron chi connectivity index (χ0n) is 13.4. The number of carbonyl (C=O) groups excluding carboxylic acids is 1. The quantitative estimate of drug-likeness (QED) is 0.360. The number of hydrogen-bond acceptors (Lipinski definition) is 6. The number of nitrogen functional groups attached to an aromatic ring is 1. The molecule has 2 aromatic heterocycles. The molecule has 3 aromatic rings. The SMILES string of the molecule is Cc1sc2ncnc(SCC(=O)Nc3cc(Cl)c(N)c(Cl)c3)c2c1C. The van der Waals surface area contributed by atoms with Gasteiger partial charge in [0.25, 0.3) is 0 Å². The van der Waals surface area contributed by atoms with Gasteiger partial charge in [0.05, 0.1) is 21.5 Å². The largest absolute Gasteiger partial charge is 0.396 e. The molecule has 0 fully saturated rings. The van der Waals surface area contributed by atoms with Crippen molar-refractivity contribution >= 4 is 73.8 Å². The van der Waals surface area contributed by atoms with Gasteiger partial charge in [-0.15, -0.1) is 11.3 Å². The van der Waals surface area contributed by atoms with E-state index in [1.165, 1.54) is 23.0 Å². The van der Waals surface area contributed by atoms with Gasteiger partial charge in [-0.05, 0) is 31.5 Å². The van der Waals surface area contributed by atoms with Crippen LogP contribution < -0.4 is 11.1 Å². The first-order valence-electron chi connectivity index (χ1n) is 7.24. The van der Waals surface area contributed by atoms with E-state index in [1.54, 1.807) is 23.5 Å². The van der Waals surface area contributed by atoms with Gasteiger partial charge >= 0.3 is 0 Å². The Morgan fingerprint density at radius 1 is 1.28 bits per heavy atom. The summed E-state index contributed by atoms with van der Waals surface area (Å²) in [6.07, 6.45) is 1.53. The van der Waals surface area contributed by atoms with Crippen LogP contribution in [0.15, 0.2) is 23.5 Å². The first-order valence-corrected chi connectivity index (χ1v) is 9.80. The number of anilines is 2. The van der Waals surface area contributed by atoms with Crippen molar-refractivity contribution in [3.05, 3.63) is 38.9 Å². The van der Waals surface area contributed by atoms with E-state index in [0.717, 1.165) is 20.8 Å². The van der Waals surface area contributed by atoms with Crippen LogP contribution in [0.1, 0.15) is 10.4 Å². The highest BCUT2D eigenvalue weighted by molar-refractivity contribution is 8.00. The number of halogens is 2. The Balaban J connectivity index is 1.73. The summed E-state index contributed by atoms with van der Waals surface area (Å²) in [7, 11) is 0. The lowest BCUT2D eigenvalue weighted by atomic mass is 10.2. The molecule has 0 aliphatic rings. The number of fused-ring (bicyclic) bond motifs is 1. The molecule has 0 radical (unpaired) electrons. The van der Waals surface area contributed by atoms with Gasteiger partial charge in [-0.3, -0.25) is 4.79 Å². The molecule has 0 saturated carbocycles. The van der Waals surface area contributed by atoms with Gasteiger partial charge in [0.15, 0.2) is 0 Å². The van der Waals surface area contributed by atoms with E-state index in [4.69, 9.17) is 28.9 Å². The molecule has 3 rings (SSSR count). The summed E-state index contributed by atoms with van der Waals surface area (Å²) in [6.45, 7) is 4.09. The minimum atomic E-state index is -0.182. The third kappa shape index (κ3) is 3.84. The lowest BCUT2D eigenvalue weighted by molar-refractivity contribution is -0.113. The predicted octanol–water partition coefficient (Wildman–Crippen LogP) is 4.93. The molecule has 0 spiro atoms. The normalized spacial score (nSPS) is 11.0. The summed E-state index contributed by atoms with van der Waals surface area (Å²) >= 11 is 15.0. The van der Waals surface area contributed by atoms with E-state index < -0.39 is 0 Å². The van der Waals surface area contributed by atoms with Gasteiger partial charge in [-0.2, -0.15) is 0 Å². The second-order valence-electron chi connectivity index (χ2n) is 5.33. The van der Waals surface area contributed by atoms with Crippen LogP contribution in [0.5, 0.6) is 0 Å². The van der Waals surface area contributed by atoms with Crippen molar-refractivity contribution in [2.75, 3.05) is 16.8 Å². The Morgan fingerprint density at radius 3 is 2.64 bits per heavy atom. The number of carbonyl (C=O) groups is 1. The van der Waals surface area contributed by atoms with E-state index in [-0.39, 0.29) is 11.7 Å². The van der Waals surface area contributed by atoms with Gasteiger partial charge in [0.2, 0.25) is 5.91 Å². The molecule has 130 valence electrons. The molecule has 0 atom stereocenters. The van der Waals surface area contributed by atoms with Crippen LogP contribution >= 0.6 is 46.3 Å². The number of benzene rings is 1. The van der Waals surface area contributed by atoms with Crippen molar-refractivity contribution < 1.29 is 4.79 Å². The van der Waals surface area contributed by atoms with E-state index in [1.807, 2.05) is 6.92 Å². The van der Waals surface area contributed by atoms with Crippen LogP contribution in [-0.2, 0) is 4.79 Å². The molecule has 1 aromatic carbocycles. The third-order valence-corrected chi connectivity index (χ3v) is 6.36. The van der Waals surface area contributed by atoms with Gasteiger partial charge in [0, 0.05) is 16.0 Å². The fourth-order valence-corrected chi connectivity index (χ4v) is 4.65. The van der Waals surface area contributed by atoms with Crippen molar-refractivity contribution in [2.45, 2.75) is 18.9 Å². The van der Waals surface area contributed by atoms with Crippen molar-refractivity contribution in [3.63, 3.8) is 0 Å². The fraction of sp³-hybridized carbons (Fsp3) is 0.188. The summed E-state index contributed by atoms with van der Waals surface area (Å²) in [5.74, 6) is 0.0262. The number of aromatic nitrogens is 2. The maximum atomic E-state index is 12.2. The highest BCUT2D eigenvalue weighted by Crippen LogP contribution is 2.35. The van der Waals surface area contributed by atoms with Gasteiger partial charge < -0.3 is 11.1 Å². The minimum Gasteiger partial charge on any atom is -0.396 e. The average molecular weight is 413 g/mol. The Labute approximate surface area is 162 Å². The number of rotatable bonds is 4. The molecule has 9 heteroatoms. The lowest BCUT2D eigenvalue weighted by Gasteiger charge is -2.08. The lowest BCUT2D eigenvalue weighted by Crippen LogP contribution is -2.14. The summed E-state index contributed by atoms with van der Waals surface area (Å²) in [5.41, 5.74) is 7.64. The number of aryl methyl sites for hydroxylation is 2. The Hall–Kier alpha value is -1.54. The molecule has 3 N–H and O–H groups in total. The molecule has 0 aliphatic heterocycles. The molecule has 0 aliphatic carbocycles. The van der Waals surface area contributed by atoms with Crippen LogP contribution in [0.25, 0.3) is 10.2 Å². The number of nitrogens with one attached hydrogen (secondary N) is 1. The standard InChI is InChI=1S/C16H14Cl2N4OS2/c1-7-8(2)25-16-13(7)15(20-6-21-16)24-5-12(23)22-9-3-10(17)14(19)11(18)4-9/h3-4,6H,5,19H2,1-2H3,(H,22,23). The predicted molar refractivity (Wildman–Crippen MR) is 107 cm³/mol. The maximum Gasteiger partial charge on any atom is 0.234 e. The van der Waals surface area contributed by atoms with Crippen LogP contribution in [0.4, 0.5) is 11.4 Å². The molecule has 5 nitrogen and oxygen atoms in total. The van der Waals surface area contributed by atoms with Crippen LogP contribution in [0, 0.1) is 13.8 Å². The maximum absolute atomic E-state index is 12.2. The van der Waals surface area contributed by atoms with Gasteiger partial charge in [0.1, 0.15) is 16.2 Å². The number of thiophene rings is 1. The van der Waals surface area contributed by atoms with E-state index in [9.17, 15) is 4.79 Å². The van der Waals surface area contributed by atoms with Crippen molar-refractivity contribution in [1.29, 1.82) is 0 Å². The number of amides is 1. The summed E-state index contributed by atoms with van der Waals surface area (Å²) in [6, 6.07) is 3.14. The van der Waals surface area contributed by atoms with Crippen LogP contribution in [0.2, 0.25) is 10.0 Å². The molecule has 2 heterocycles. The third-order valence-electron chi connectivity index (χ3n) is 3.63. The smallest absolute Gasteiger partial charge is 0.234 e. The molecular formula is C16H14Cl2N4OS2. The Bertz CT molecular complexity index is 951. The molecule has 0 bridgehead atoms. The molecule has 0 saturated heterocycles. The Morgan fingerprint density at radius 2 is 1.96 bits per heavy atom. The highest BCUT2D eigenvalue weighted by atomic mass is 35.5. The fourth-order valence-electron chi connectivity index (χ4n) is 2.25. The average Bonchev–Trinajstić information content (AvgIpc) is 2.86. The van der Waals surface area contributed by atoms with Gasteiger partial charge in [-0.1, -0.05) is 35.0 Å². The summed E-state index contributed by atoms with van der Waals surface area (Å²) in [4.78, 5) is 23.0.